The van der Waals surface area contributed by atoms with Gasteiger partial charge >= 0.3 is 0 Å². The Bertz CT molecular complexity index is 480. The third kappa shape index (κ3) is 4.73. The highest BCUT2D eigenvalue weighted by Gasteiger charge is 2.39. The van der Waals surface area contributed by atoms with Crippen LogP contribution in [0.1, 0.15) is 45.8 Å². The maximum Gasteiger partial charge on any atom is 0.250 e. The van der Waals surface area contributed by atoms with Crippen LogP contribution in [0.2, 0.25) is 18.1 Å². The average Bonchev–Trinajstić information content (AvgIpc) is 2.43. The van der Waals surface area contributed by atoms with E-state index in [1.807, 2.05) is 25.1 Å². The van der Waals surface area contributed by atoms with Crippen molar-refractivity contribution in [3.05, 3.63) is 23.8 Å². The fourth-order valence-corrected chi connectivity index (χ4v) is 2.79. The maximum atomic E-state index is 10.2. The lowest BCUT2D eigenvalue weighted by Crippen LogP contribution is -2.43. The Morgan fingerprint density at radius 2 is 1.86 bits per heavy atom. The van der Waals surface area contributed by atoms with E-state index in [1.54, 1.807) is 7.11 Å². The minimum atomic E-state index is -1.90. The van der Waals surface area contributed by atoms with E-state index in [0.717, 1.165) is 11.3 Å². The number of aliphatic hydroxyl groups is 1. The van der Waals surface area contributed by atoms with Crippen LogP contribution < -0.4 is 9.16 Å². The summed E-state index contributed by atoms with van der Waals surface area (Å²) in [4.78, 5) is 0. The van der Waals surface area contributed by atoms with Gasteiger partial charge in [0.25, 0.3) is 0 Å². The molecule has 0 saturated heterocycles. The molecule has 1 unspecified atom stereocenters. The predicted octanol–water partition coefficient (Wildman–Crippen LogP) is 4.50. The van der Waals surface area contributed by atoms with Gasteiger partial charge < -0.3 is 19.0 Å². The van der Waals surface area contributed by atoms with Crippen molar-refractivity contribution in [2.24, 2.45) is 0 Å². The SMILES string of the molecule is CCC(O)c1cc(O[Si](C)(C)C(C)(C)C)ccc1OCOC. The molecule has 0 spiro atoms. The standard InChI is InChI=1S/C17H30O4Si/c1-8-15(18)14-11-13(9-10-16(14)20-12-19-5)21-22(6,7)17(2,3)4/h9-11,15,18H,8,12H2,1-7H3. The summed E-state index contributed by atoms with van der Waals surface area (Å²) >= 11 is 0. The van der Waals surface area contributed by atoms with E-state index in [1.165, 1.54) is 0 Å². The van der Waals surface area contributed by atoms with Gasteiger partial charge in [-0.25, -0.2) is 0 Å². The molecule has 0 bridgehead atoms. The summed E-state index contributed by atoms with van der Waals surface area (Å²) in [6.45, 7) is 13.1. The lowest BCUT2D eigenvalue weighted by molar-refractivity contribution is 0.0478. The highest BCUT2D eigenvalue weighted by Crippen LogP contribution is 2.39. The summed E-state index contributed by atoms with van der Waals surface area (Å²) in [7, 11) is -0.329. The largest absolute Gasteiger partial charge is 0.543 e. The molecule has 1 atom stereocenters. The maximum absolute atomic E-state index is 10.2. The number of hydrogen-bond donors (Lipinski definition) is 1. The van der Waals surface area contributed by atoms with E-state index in [-0.39, 0.29) is 11.8 Å². The molecule has 0 aliphatic rings. The second kappa shape index (κ2) is 7.48. The van der Waals surface area contributed by atoms with Crippen LogP contribution in [0, 0.1) is 0 Å². The van der Waals surface area contributed by atoms with Gasteiger partial charge in [0.2, 0.25) is 8.32 Å². The van der Waals surface area contributed by atoms with Gasteiger partial charge in [0.15, 0.2) is 6.79 Å². The fourth-order valence-electron chi connectivity index (χ4n) is 1.77. The minimum Gasteiger partial charge on any atom is -0.543 e. The van der Waals surface area contributed by atoms with Crippen molar-refractivity contribution in [3.8, 4) is 11.5 Å². The molecule has 0 aromatic heterocycles. The first-order valence-electron chi connectivity index (χ1n) is 7.75. The summed E-state index contributed by atoms with van der Waals surface area (Å²) in [5, 5.41) is 10.4. The number of benzene rings is 1. The van der Waals surface area contributed by atoms with Gasteiger partial charge in [-0.15, -0.1) is 0 Å². The van der Waals surface area contributed by atoms with E-state index in [0.29, 0.717) is 12.2 Å². The lowest BCUT2D eigenvalue weighted by atomic mass is 10.1. The molecule has 22 heavy (non-hydrogen) atoms. The van der Waals surface area contributed by atoms with Crippen molar-refractivity contribution in [1.29, 1.82) is 0 Å². The molecule has 0 aliphatic carbocycles. The van der Waals surface area contributed by atoms with Gasteiger partial charge in [0.1, 0.15) is 11.5 Å². The molecule has 0 fully saturated rings. The second-order valence-electron chi connectivity index (χ2n) is 7.04. The molecule has 1 aromatic carbocycles. The number of methoxy groups -OCH3 is 1. The molecule has 1 rings (SSSR count). The number of rotatable bonds is 7. The Labute approximate surface area is 135 Å². The van der Waals surface area contributed by atoms with Crippen molar-refractivity contribution in [1.82, 2.24) is 0 Å². The van der Waals surface area contributed by atoms with E-state index in [9.17, 15) is 5.11 Å². The van der Waals surface area contributed by atoms with E-state index in [2.05, 4.69) is 33.9 Å². The molecule has 1 aromatic rings. The van der Waals surface area contributed by atoms with Gasteiger partial charge in [-0.05, 0) is 42.8 Å². The zero-order valence-corrected chi connectivity index (χ0v) is 15.9. The lowest BCUT2D eigenvalue weighted by Gasteiger charge is -2.36. The summed E-state index contributed by atoms with van der Waals surface area (Å²) in [5.41, 5.74) is 0.746. The van der Waals surface area contributed by atoms with Gasteiger partial charge in [0.05, 0.1) is 6.10 Å². The summed E-state index contributed by atoms with van der Waals surface area (Å²) < 4.78 is 16.8. The van der Waals surface area contributed by atoms with Crippen LogP contribution >= 0.6 is 0 Å². The normalized spacial score (nSPS) is 13.8. The zero-order valence-electron chi connectivity index (χ0n) is 14.9. The van der Waals surface area contributed by atoms with E-state index < -0.39 is 14.4 Å². The zero-order chi connectivity index (χ0) is 17.0. The van der Waals surface area contributed by atoms with Crippen molar-refractivity contribution in [2.75, 3.05) is 13.9 Å². The molecule has 126 valence electrons. The summed E-state index contributed by atoms with van der Waals surface area (Å²) in [6.07, 6.45) is 0.0437. The van der Waals surface area contributed by atoms with Crippen LogP contribution in [0.25, 0.3) is 0 Å². The molecule has 4 nitrogen and oxygen atoms in total. The van der Waals surface area contributed by atoms with Gasteiger partial charge in [-0.1, -0.05) is 27.7 Å². The van der Waals surface area contributed by atoms with Crippen molar-refractivity contribution < 1.29 is 19.0 Å². The van der Waals surface area contributed by atoms with Gasteiger partial charge in [0, 0.05) is 12.7 Å². The quantitative estimate of drug-likeness (QED) is 0.592. The average molecular weight is 327 g/mol. The molecular formula is C17H30O4Si. The van der Waals surface area contributed by atoms with Crippen LogP contribution in [-0.4, -0.2) is 27.3 Å². The summed E-state index contributed by atoms with van der Waals surface area (Å²) in [5.74, 6) is 1.43. The smallest absolute Gasteiger partial charge is 0.250 e. The Hall–Kier alpha value is -1.04. The number of hydrogen-bond acceptors (Lipinski definition) is 4. The predicted molar refractivity (Wildman–Crippen MR) is 92.0 cm³/mol. The number of ether oxygens (including phenoxy) is 2. The summed E-state index contributed by atoms with van der Waals surface area (Å²) in [6, 6.07) is 5.63. The Balaban J connectivity index is 3.08. The molecular weight excluding hydrogens is 296 g/mol. The Kier molecular flexibility index (Phi) is 6.46. The number of aliphatic hydroxyl groups excluding tert-OH is 1. The van der Waals surface area contributed by atoms with Crippen LogP contribution in [0.15, 0.2) is 18.2 Å². The highest BCUT2D eigenvalue weighted by molar-refractivity contribution is 6.74. The monoisotopic (exact) mass is 326 g/mol. The Morgan fingerprint density at radius 3 is 2.36 bits per heavy atom. The fraction of sp³-hybridized carbons (Fsp3) is 0.647. The third-order valence-electron chi connectivity index (χ3n) is 4.24. The molecule has 0 radical (unpaired) electrons. The first kappa shape index (κ1) is 19.0. The second-order valence-corrected chi connectivity index (χ2v) is 11.8. The van der Waals surface area contributed by atoms with Crippen molar-refractivity contribution in [3.63, 3.8) is 0 Å². The topological polar surface area (TPSA) is 47.9 Å². The molecule has 0 amide bonds. The molecule has 1 N–H and O–H groups in total. The molecule has 0 saturated carbocycles. The van der Waals surface area contributed by atoms with Crippen molar-refractivity contribution in [2.45, 2.75) is 58.4 Å². The van der Waals surface area contributed by atoms with E-state index in [4.69, 9.17) is 13.9 Å². The highest BCUT2D eigenvalue weighted by atomic mass is 28.4. The first-order chi connectivity index (χ1) is 10.1. The third-order valence-corrected chi connectivity index (χ3v) is 8.60. The minimum absolute atomic E-state index is 0.127. The Morgan fingerprint density at radius 1 is 1.23 bits per heavy atom. The molecule has 0 aliphatic heterocycles. The molecule has 5 heteroatoms. The van der Waals surface area contributed by atoms with Crippen LogP contribution in [0.4, 0.5) is 0 Å². The van der Waals surface area contributed by atoms with E-state index >= 15 is 0 Å². The van der Waals surface area contributed by atoms with Crippen molar-refractivity contribution >= 4 is 8.32 Å². The molecule has 0 heterocycles. The van der Waals surface area contributed by atoms with Gasteiger partial charge in [-0.2, -0.15) is 0 Å². The van der Waals surface area contributed by atoms with Gasteiger partial charge in [-0.3, -0.25) is 0 Å². The van der Waals surface area contributed by atoms with Crippen LogP contribution in [0.3, 0.4) is 0 Å². The van der Waals surface area contributed by atoms with Crippen LogP contribution in [0.5, 0.6) is 11.5 Å². The first-order valence-corrected chi connectivity index (χ1v) is 10.7. The van der Waals surface area contributed by atoms with Crippen LogP contribution in [-0.2, 0) is 4.74 Å².